The van der Waals surface area contributed by atoms with Crippen LogP contribution < -0.4 is 5.32 Å². The van der Waals surface area contributed by atoms with Crippen LogP contribution in [-0.2, 0) is 0 Å². The lowest BCUT2D eigenvalue weighted by molar-refractivity contribution is 0.399. The summed E-state index contributed by atoms with van der Waals surface area (Å²) in [5.41, 5.74) is 3.46. The quantitative estimate of drug-likeness (QED) is 0.649. The van der Waals surface area contributed by atoms with E-state index in [1.807, 2.05) is 12.1 Å². The van der Waals surface area contributed by atoms with Gasteiger partial charge in [-0.1, -0.05) is 24.8 Å². The van der Waals surface area contributed by atoms with Crippen LogP contribution in [0.4, 0.5) is 5.69 Å². The highest BCUT2D eigenvalue weighted by molar-refractivity contribution is 5.76. The molecule has 2 nitrogen and oxygen atoms in total. The Balaban J connectivity index is 2.49. The lowest BCUT2D eigenvalue weighted by atomic mass is 10.1. The fourth-order valence-electron chi connectivity index (χ4n) is 1.61. The molecule has 1 atom stereocenters. The summed E-state index contributed by atoms with van der Waals surface area (Å²) in [5.74, 6) is 0. The van der Waals surface area contributed by atoms with Crippen LogP contribution in [0.1, 0.15) is 12.5 Å². The van der Waals surface area contributed by atoms with E-state index in [9.17, 15) is 0 Å². The first-order valence-corrected chi connectivity index (χ1v) is 4.48. The van der Waals surface area contributed by atoms with Crippen molar-refractivity contribution in [1.82, 2.24) is 4.90 Å². The number of hydrogen-bond acceptors (Lipinski definition) is 2. The third-order valence-corrected chi connectivity index (χ3v) is 2.61. The van der Waals surface area contributed by atoms with Crippen molar-refractivity contribution in [1.29, 1.82) is 0 Å². The minimum Gasteiger partial charge on any atom is -0.365 e. The number of fused-ring (bicyclic) bond motifs is 1. The Morgan fingerprint density at radius 2 is 2.08 bits per heavy atom. The molecule has 1 N–H and O–H groups in total. The average molecular weight is 174 g/mol. The zero-order chi connectivity index (χ0) is 9.42. The van der Waals surface area contributed by atoms with Crippen LogP contribution in [0.5, 0.6) is 0 Å². The third-order valence-electron chi connectivity index (χ3n) is 2.61. The standard InChI is InChI=1S/C11H14N2/c1-8-10-6-4-5-7-11(10)12-9(2)13(8)3/h4-7,9,12H,1H2,2-3H3. The molecule has 2 heteroatoms. The number of para-hydroxylation sites is 1. The molecular weight excluding hydrogens is 160 g/mol. The maximum absolute atomic E-state index is 4.07. The summed E-state index contributed by atoms with van der Waals surface area (Å²) in [6.45, 7) is 6.20. The zero-order valence-corrected chi connectivity index (χ0v) is 8.04. The molecule has 0 spiro atoms. The molecule has 1 aromatic carbocycles. The Morgan fingerprint density at radius 3 is 2.85 bits per heavy atom. The van der Waals surface area contributed by atoms with E-state index in [1.165, 1.54) is 11.3 Å². The SMILES string of the molecule is C=C1c2ccccc2NC(C)N1C. The monoisotopic (exact) mass is 174 g/mol. The van der Waals surface area contributed by atoms with Crippen LogP contribution in [0, 0.1) is 0 Å². The zero-order valence-electron chi connectivity index (χ0n) is 8.04. The molecule has 1 aromatic rings. The fourth-order valence-corrected chi connectivity index (χ4v) is 1.61. The summed E-state index contributed by atoms with van der Waals surface area (Å²) >= 11 is 0. The number of nitrogens with zero attached hydrogens (tertiary/aromatic N) is 1. The second-order valence-corrected chi connectivity index (χ2v) is 3.42. The van der Waals surface area contributed by atoms with Crippen LogP contribution in [0.15, 0.2) is 30.8 Å². The Bertz CT molecular complexity index is 344. The number of benzene rings is 1. The molecule has 0 saturated carbocycles. The molecule has 0 bridgehead atoms. The topological polar surface area (TPSA) is 15.3 Å². The van der Waals surface area contributed by atoms with Crippen LogP contribution in [0.3, 0.4) is 0 Å². The highest BCUT2D eigenvalue weighted by Crippen LogP contribution is 2.30. The van der Waals surface area contributed by atoms with E-state index < -0.39 is 0 Å². The molecule has 1 heterocycles. The summed E-state index contributed by atoms with van der Waals surface area (Å²) in [6.07, 6.45) is 0.322. The second-order valence-electron chi connectivity index (χ2n) is 3.42. The van der Waals surface area contributed by atoms with Gasteiger partial charge < -0.3 is 10.2 Å². The van der Waals surface area contributed by atoms with Gasteiger partial charge >= 0.3 is 0 Å². The second kappa shape index (κ2) is 2.80. The minimum atomic E-state index is 0.322. The van der Waals surface area contributed by atoms with Crippen molar-refractivity contribution in [3.63, 3.8) is 0 Å². The molecule has 2 rings (SSSR count). The van der Waals surface area contributed by atoms with Crippen LogP contribution in [0.25, 0.3) is 5.70 Å². The van der Waals surface area contributed by atoms with Gasteiger partial charge in [0.05, 0.1) is 6.17 Å². The predicted molar refractivity (Wildman–Crippen MR) is 56.3 cm³/mol. The predicted octanol–water partition coefficient (Wildman–Crippen LogP) is 2.36. The molecule has 0 aliphatic carbocycles. The molecule has 68 valence electrons. The van der Waals surface area contributed by atoms with Gasteiger partial charge in [0, 0.05) is 24.0 Å². The summed E-state index contributed by atoms with van der Waals surface area (Å²) < 4.78 is 0. The highest BCUT2D eigenvalue weighted by atomic mass is 15.3. The fraction of sp³-hybridized carbons (Fsp3) is 0.273. The van der Waals surface area contributed by atoms with Gasteiger partial charge in [0.2, 0.25) is 0 Å². The molecule has 0 fully saturated rings. The van der Waals surface area contributed by atoms with Crippen molar-refractivity contribution < 1.29 is 0 Å². The van der Waals surface area contributed by atoms with Crippen molar-refractivity contribution in [2.75, 3.05) is 12.4 Å². The lowest BCUT2D eigenvalue weighted by Crippen LogP contribution is -2.37. The van der Waals surface area contributed by atoms with Crippen molar-refractivity contribution >= 4 is 11.4 Å². The van der Waals surface area contributed by atoms with Crippen molar-refractivity contribution in [3.05, 3.63) is 36.4 Å². The van der Waals surface area contributed by atoms with Crippen molar-refractivity contribution in [3.8, 4) is 0 Å². The number of nitrogens with one attached hydrogen (secondary N) is 1. The normalized spacial score (nSPS) is 20.9. The Kier molecular flexibility index (Phi) is 1.76. The molecule has 0 aromatic heterocycles. The first kappa shape index (κ1) is 8.17. The van der Waals surface area contributed by atoms with E-state index in [-0.39, 0.29) is 0 Å². The maximum atomic E-state index is 4.07. The molecule has 0 saturated heterocycles. The number of anilines is 1. The van der Waals surface area contributed by atoms with Crippen molar-refractivity contribution in [2.45, 2.75) is 13.1 Å². The molecular formula is C11H14N2. The lowest BCUT2D eigenvalue weighted by Gasteiger charge is -2.36. The molecule has 0 radical (unpaired) electrons. The van der Waals surface area contributed by atoms with Gasteiger partial charge in [-0.15, -0.1) is 0 Å². The summed E-state index contributed by atoms with van der Waals surface area (Å²) in [5, 5.41) is 3.41. The van der Waals surface area contributed by atoms with E-state index >= 15 is 0 Å². The van der Waals surface area contributed by atoms with E-state index in [4.69, 9.17) is 0 Å². The first-order chi connectivity index (χ1) is 6.20. The Morgan fingerprint density at radius 1 is 1.38 bits per heavy atom. The van der Waals surface area contributed by atoms with Gasteiger partial charge in [-0.3, -0.25) is 0 Å². The molecule has 0 amide bonds. The van der Waals surface area contributed by atoms with E-state index in [0.29, 0.717) is 6.17 Å². The molecule has 13 heavy (non-hydrogen) atoms. The molecule has 1 aliphatic heterocycles. The van der Waals surface area contributed by atoms with Crippen molar-refractivity contribution in [2.24, 2.45) is 0 Å². The highest BCUT2D eigenvalue weighted by Gasteiger charge is 2.20. The van der Waals surface area contributed by atoms with Gasteiger partial charge in [-0.2, -0.15) is 0 Å². The molecule has 1 aliphatic rings. The molecule has 1 unspecified atom stereocenters. The summed E-state index contributed by atoms with van der Waals surface area (Å²) in [6, 6.07) is 8.25. The van der Waals surface area contributed by atoms with Gasteiger partial charge in [0.15, 0.2) is 0 Å². The maximum Gasteiger partial charge on any atom is 0.0958 e. The summed E-state index contributed by atoms with van der Waals surface area (Å²) in [4.78, 5) is 2.14. The smallest absolute Gasteiger partial charge is 0.0958 e. The van der Waals surface area contributed by atoms with Gasteiger partial charge in [-0.05, 0) is 13.0 Å². The van der Waals surface area contributed by atoms with Crippen LogP contribution >= 0.6 is 0 Å². The van der Waals surface area contributed by atoms with Gasteiger partial charge in [-0.25, -0.2) is 0 Å². The van der Waals surface area contributed by atoms with E-state index in [1.54, 1.807) is 0 Å². The first-order valence-electron chi connectivity index (χ1n) is 4.48. The Labute approximate surface area is 78.9 Å². The van der Waals surface area contributed by atoms with E-state index in [2.05, 4.69) is 42.9 Å². The Hall–Kier alpha value is -1.44. The van der Waals surface area contributed by atoms with Gasteiger partial charge in [0.1, 0.15) is 0 Å². The third kappa shape index (κ3) is 1.18. The largest absolute Gasteiger partial charge is 0.365 e. The summed E-state index contributed by atoms with van der Waals surface area (Å²) in [7, 11) is 2.05. The van der Waals surface area contributed by atoms with Crippen LogP contribution in [0.2, 0.25) is 0 Å². The minimum absolute atomic E-state index is 0.322. The van der Waals surface area contributed by atoms with Crippen LogP contribution in [-0.4, -0.2) is 18.1 Å². The van der Waals surface area contributed by atoms with Gasteiger partial charge in [0.25, 0.3) is 0 Å². The number of rotatable bonds is 0. The van der Waals surface area contributed by atoms with E-state index in [0.717, 1.165) is 5.70 Å². The number of hydrogen-bond donors (Lipinski definition) is 1. The average Bonchev–Trinajstić information content (AvgIpc) is 2.15.